The molecule has 25 heavy (non-hydrogen) atoms. The number of esters is 1. The standard InChI is InChI=1S/C18H23NO5S/c1-13(12-24-18(22)17(20)21)19(2)7-9-23-8-5-14-3-4-16-15(11-14)6-10-25-16/h3-4,6,10-11,13H,5,7-9,12H2,1-2H3,(H,20,21). The zero-order chi connectivity index (χ0) is 18.2. The average molecular weight is 365 g/mol. The quantitative estimate of drug-likeness (QED) is 0.418. The van der Waals surface area contributed by atoms with Crippen molar-refractivity contribution in [1.29, 1.82) is 0 Å². The van der Waals surface area contributed by atoms with E-state index in [4.69, 9.17) is 9.84 Å². The first-order chi connectivity index (χ1) is 12.0. The molecule has 2 aromatic rings. The van der Waals surface area contributed by atoms with Crippen molar-refractivity contribution >= 4 is 33.4 Å². The molecule has 2 rings (SSSR count). The molecule has 1 unspecified atom stereocenters. The van der Waals surface area contributed by atoms with Gasteiger partial charge in [-0.2, -0.15) is 0 Å². The molecule has 1 atom stereocenters. The van der Waals surface area contributed by atoms with Crippen molar-refractivity contribution in [2.75, 3.05) is 33.4 Å². The molecule has 1 aromatic heterocycles. The van der Waals surface area contributed by atoms with E-state index < -0.39 is 11.9 Å². The Morgan fingerprint density at radius 1 is 1.28 bits per heavy atom. The third-order valence-electron chi connectivity index (χ3n) is 4.02. The molecule has 0 radical (unpaired) electrons. The summed E-state index contributed by atoms with van der Waals surface area (Å²) in [7, 11) is 1.88. The SMILES string of the molecule is CC(COC(=O)C(=O)O)N(C)CCOCCc1ccc2sccc2c1. The van der Waals surface area contributed by atoms with E-state index in [1.54, 1.807) is 11.3 Å². The van der Waals surface area contributed by atoms with Gasteiger partial charge in [0.1, 0.15) is 6.61 Å². The van der Waals surface area contributed by atoms with Crippen LogP contribution in [0.5, 0.6) is 0 Å². The minimum absolute atomic E-state index is 0.0439. The van der Waals surface area contributed by atoms with E-state index in [2.05, 4.69) is 34.4 Å². The Morgan fingerprint density at radius 3 is 2.84 bits per heavy atom. The third-order valence-corrected chi connectivity index (χ3v) is 4.92. The van der Waals surface area contributed by atoms with Gasteiger partial charge >= 0.3 is 11.9 Å². The first-order valence-corrected chi connectivity index (χ1v) is 8.99. The van der Waals surface area contributed by atoms with E-state index >= 15 is 0 Å². The van der Waals surface area contributed by atoms with Crippen molar-refractivity contribution in [3.8, 4) is 0 Å². The highest BCUT2D eigenvalue weighted by Gasteiger charge is 2.16. The van der Waals surface area contributed by atoms with Crippen molar-refractivity contribution < 1.29 is 24.2 Å². The van der Waals surface area contributed by atoms with Crippen LogP contribution in [0, 0.1) is 0 Å². The summed E-state index contributed by atoms with van der Waals surface area (Å²) in [6.07, 6.45) is 0.862. The summed E-state index contributed by atoms with van der Waals surface area (Å²) >= 11 is 1.74. The second-order valence-corrected chi connectivity index (χ2v) is 6.84. The highest BCUT2D eigenvalue weighted by atomic mass is 32.1. The zero-order valence-corrected chi connectivity index (χ0v) is 15.3. The average Bonchev–Trinajstić information content (AvgIpc) is 3.06. The molecule has 0 amide bonds. The molecular formula is C18H23NO5S. The zero-order valence-electron chi connectivity index (χ0n) is 14.4. The Balaban J connectivity index is 1.61. The predicted molar refractivity (Wildman–Crippen MR) is 97.0 cm³/mol. The van der Waals surface area contributed by atoms with Gasteiger partial charge in [-0.05, 0) is 48.9 Å². The van der Waals surface area contributed by atoms with E-state index in [1.165, 1.54) is 15.6 Å². The number of ether oxygens (including phenoxy) is 2. The van der Waals surface area contributed by atoms with Crippen LogP contribution in [0.15, 0.2) is 29.6 Å². The Kier molecular flexibility index (Phi) is 7.36. The number of carbonyl (C=O) groups is 2. The maximum Gasteiger partial charge on any atom is 0.417 e. The summed E-state index contributed by atoms with van der Waals surface area (Å²) in [4.78, 5) is 23.3. The Hall–Kier alpha value is -1.96. The minimum atomic E-state index is -1.57. The number of benzene rings is 1. The largest absolute Gasteiger partial charge is 0.473 e. The van der Waals surface area contributed by atoms with Crippen LogP contribution >= 0.6 is 11.3 Å². The molecule has 1 heterocycles. The van der Waals surface area contributed by atoms with Crippen LogP contribution in [-0.2, 0) is 25.5 Å². The molecule has 1 aromatic carbocycles. The predicted octanol–water partition coefficient (Wildman–Crippen LogP) is 2.41. The number of thiophene rings is 1. The fourth-order valence-corrected chi connectivity index (χ4v) is 3.05. The van der Waals surface area contributed by atoms with E-state index in [0.717, 1.165) is 6.42 Å². The van der Waals surface area contributed by atoms with Gasteiger partial charge in [0, 0.05) is 17.3 Å². The van der Waals surface area contributed by atoms with Gasteiger partial charge in [0.25, 0.3) is 0 Å². The normalized spacial score (nSPS) is 12.4. The van der Waals surface area contributed by atoms with Crippen molar-refractivity contribution in [3.63, 3.8) is 0 Å². The third kappa shape index (κ3) is 6.12. The number of fused-ring (bicyclic) bond motifs is 1. The lowest BCUT2D eigenvalue weighted by molar-refractivity contribution is -0.164. The van der Waals surface area contributed by atoms with Crippen molar-refractivity contribution in [3.05, 3.63) is 35.2 Å². The summed E-state index contributed by atoms with van der Waals surface area (Å²) in [5.41, 5.74) is 1.26. The highest BCUT2D eigenvalue weighted by Crippen LogP contribution is 2.21. The van der Waals surface area contributed by atoms with Gasteiger partial charge in [0.05, 0.1) is 13.2 Å². The summed E-state index contributed by atoms with van der Waals surface area (Å²) < 4.78 is 11.7. The molecule has 7 heteroatoms. The molecule has 0 fully saturated rings. The Labute approximate surface area is 151 Å². The van der Waals surface area contributed by atoms with Crippen LogP contribution < -0.4 is 0 Å². The number of carbonyl (C=O) groups excluding carboxylic acids is 1. The van der Waals surface area contributed by atoms with Crippen LogP contribution in [0.3, 0.4) is 0 Å². The topological polar surface area (TPSA) is 76.1 Å². The molecule has 0 saturated carbocycles. The van der Waals surface area contributed by atoms with E-state index in [-0.39, 0.29) is 12.6 Å². The van der Waals surface area contributed by atoms with Gasteiger partial charge in [-0.25, -0.2) is 9.59 Å². The Bertz CT molecular complexity index is 714. The van der Waals surface area contributed by atoms with E-state index in [0.29, 0.717) is 19.8 Å². The molecule has 136 valence electrons. The molecule has 0 spiro atoms. The van der Waals surface area contributed by atoms with Crippen LogP contribution in [0.25, 0.3) is 10.1 Å². The van der Waals surface area contributed by atoms with Crippen LogP contribution in [0.2, 0.25) is 0 Å². The fourth-order valence-electron chi connectivity index (χ4n) is 2.28. The monoisotopic (exact) mass is 365 g/mol. The number of carboxylic acid groups (broad SMARTS) is 1. The van der Waals surface area contributed by atoms with Crippen LogP contribution in [0.4, 0.5) is 0 Å². The van der Waals surface area contributed by atoms with Gasteiger partial charge in [-0.15, -0.1) is 11.3 Å². The Morgan fingerprint density at radius 2 is 2.08 bits per heavy atom. The minimum Gasteiger partial charge on any atom is -0.473 e. The van der Waals surface area contributed by atoms with Gasteiger partial charge < -0.3 is 14.6 Å². The second kappa shape index (κ2) is 9.50. The lowest BCUT2D eigenvalue weighted by Gasteiger charge is -2.23. The molecule has 0 aliphatic carbocycles. The second-order valence-electron chi connectivity index (χ2n) is 5.89. The number of carboxylic acids is 1. The molecular weight excluding hydrogens is 342 g/mol. The number of likely N-dealkylation sites (N-methyl/N-ethyl adjacent to an activating group) is 1. The number of hydrogen-bond acceptors (Lipinski definition) is 6. The number of nitrogens with zero attached hydrogens (tertiary/aromatic N) is 1. The molecule has 0 aliphatic rings. The van der Waals surface area contributed by atoms with Crippen LogP contribution in [-0.4, -0.2) is 61.4 Å². The molecule has 0 aliphatic heterocycles. The maximum atomic E-state index is 10.9. The van der Waals surface area contributed by atoms with Crippen molar-refractivity contribution in [2.45, 2.75) is 19.4 Å². The maximum absolute atomic E-state index is 10.9. The van der Waals surface area contributed by atoms with Gasteiger partial charge in [-0.1, -0.05) is 12.1 Å². The highest BCUT2D eigenvalue weighted by molar-refractivity contribution is 7.17. The summed E-state index contributed by atoms with van der Waals surface area (Å²) in [6.45, 7) is 3.79. The summed E-state index contributed by atoms with van der Waals surface area (Å²) in [5, 5.41) is 11.8. The van der Waals surface area contributed by atoms with Crippen molar-refractivity contribution in [2.24, 2.45) is 0 Å². The van der Waals surface area contributed by atoms with E-state index in [1.807, 2.05) is 18.9 Å². The number of rotatable bonds is 9. The first kappa shape index (κ1) is 19.4. The summed E-state index contributed by atoms with van der Waals surface area (Å²) in [6, 6.07) is 8.52. The lowest BCUT2D eigenvalue weighted by Crippen LogP contribution is -2.36. The first-order valence-electron chi connectivity index (χ1n) is 8.11. The number of aliphatic carboxylic acids is 1. The molecule has 1 N–H and O–H groups in total. The van der Waals surface area contributed by atoms with Gasteiger partial charge in [0.15, 0.2) is 0 Å². The van der Waals surface area contributed by atoms with Crippen LogP contribution in [0.1, 0.15) is 12.5 Å². The molecule has 0 saturated heterocycles. The smallest absolute Gasteiger partial charge is 0.417 e. The van der Waals surface area contributed by atoms with E-state index in [9.17, 15) is 9.59 Å². The number of hydrogen-bond donors (Lipinski definition) is 1. The lowest BCUT2D eigenvalue weighted by atomic mass is 10.1. The van der Waals surface area contributed by atoms with Crippen molar-refractivity contribution in [1.82, 2.24) is 4.90 Å². The molecule has 6 nitrogen and oxygen atoms in total. The van der Waals surface area contributed by atoms with Gasteiger partial charge in [-0.3, -0.25) is 4.90 Å². The summed E-state index contributed by atoms with van der Waals surface area (Å²) in [5.74, 6) is -2.79. The fraction of sp³-hybridized carbons (Fsp3) is 0.444. The molecule has 0 bridgehead atoms. The van der Waals surface area contributed by atoms with Gasteiger partial charge in [0.2, 0.25) is 0 Å².